The van der Waals surface area contributed by atoms with Crippen LogP contribution in [0.2, 0.25) is 0 Å². The van der Waals surface area contributed by atoms with E-state index in [9.17, 15) is 0 Å². The first-order chi connectivity index (χ1) is 8.11. The van der Waals surface area contributed by atoms with E-state index in [-0.39, 0.29) is 0 Å². The van der Waals surface area contributed by atoms with Crippen LogP contribution < -0.4 is 4.90 Å². The molecule has 0 aromatic carbocycles. The minimum atomic E-state index is 0.615. The summed E-state index contributed by atoms with van der Waals surface area (Å²) in [5, 5.41) is 0.670. The molecule has 1 aromatic heterocycles. The standard InChI is InChI=1S/C12H18BrN3S/c1-15(2)11-7-16(8-12(11)17-3)10-4-9(13)5-14-6-10/h4-6,11-12H,7-8H2,1-3H3/t11-,12+/m1/s1. The Morgan fingerprint density at radius 3 is 2.71 bits per heavy atom. The molecule has 3 nitrogen and oxygen atoms in total. The molecule has 1 aliphatic heterocycles. The van der Waals surface area contributed by atoms with Crippen molar-refractivity contribution in [2.75, 3.05) is 38.3 Å². The Bertz CT molecular complexity index is 386. The molecule has 0 unspecified atom stereocenters. The fourth-order valence-corrected chi connectivity index (χ4v) is 3.59. The molecule has 1 aromatic rings. The third-order valence-corrected chi connectivity index (χ3v) is 4.76. The van der Waals surface area contributed by atoms with Crippen LogP contribution >= 0.6 is 27.7 Å². The predicted molar refractivity (Wildman–Crippen MR) is 78.9 cm³/mol. The van der Waals surface area contributed by atoms with E-state index in [0.29, 0.717) is 11.3 Å². The molecule has 0 N–H and O–H groups in total. The summed E-state index contributed by atoms with van der Waals surface area (Å²) in [6, 6.07) is 2.76. The molecule has 2 atom stereocenters. The molecule has 1 saturated heterocycles. The van der Waals surface area contributed by atoms with Gasteiger partial charge in [-0.15, -0.1) is 0 Å². The van der Waals surface area contributed by atoms with Gasteiger partial charge in [0.2, 0.25) is 0 Å². The van der Waals surface area contributed by atoms with Crippen molar-refractivity contribution < 1.29 is 0 Å². The van der Waals surface area contributed by atoms with Gasteiger partial charge in [0.25, 0.3) is 0 Å². The van der Waals surface area contributed by atoms with Gasteiger partial charge in [0.05, 0.1) is 11.9 Å². The SMILES string of the molecule is CS[C@H]1CN(c2cncc(Br)c2)C[C@H]1N(C)C. The van der Waals surface area contributed by atoms with Crippen molar-refractivity contribution in [3.63, 3.8) is 0 Å². The molecule has 0 saturated carbocycles. The first kappa shape index (κ1) is 13.2. The van der Waals surface area contributed by atoms with Gasteiger partial charge in [-0.1, -0.05) is 0 Å². The van der Waals surface area contributed by atoms with Gasteiger partial charge in [-0.3, -0.25) is 4.98 Å². The lowest BCUT2D eigenvalue weighted by Crippen LogP contribution is -2.36. The van der Waals surface area contributed by atoms with Gasteiger partial charge < -0.3 is 9.80 Å². The fraction of sp³-hybridized carbons (Fsp3) is 0.583. The Kier molecular flexibility index (Phi) is 4.33. The van der Waals surface area contributed by atoms with E-state index < -0.39 is 0 Å². The van der Waals surface area contributed by atoms with Crippen molar-refractivity contribution >= 4 is 33.4 Å². The van der Waals surface area contributed by atoms with Crippen LogP contribution in [-0.2, 0) is 0 Å². The normalized spacial score (nSPS) is 24.6. The van der Waals surface area contributed by atoms with Gasteiger partial charge >= 0.3 is 0 Å². The summed E-state index contributed by atoms with van der Waals surface area (Å²) in [7, 11) is 4.33. The largest absolute Gasteiger partial charge is 0.367 e. The number of hydrogen-bond acceptors (Lipinski definition) is 4. The molecule has 94 valence electrons. The maximum atomic E-state index is 4.24. The molecule has 5 heteroatoms. The predicted octanol–water partition coefficient (Wildman–Crippen LogP) is 2.33. The Hall–Kier alpha value is -0.260. The van der Waals surface area contributed by atoms with E-state index in [1.807, 2.05) is 24.2 Å². The number of nitrogens with zero attached hydrogens (tertiary/aromatic N) is 3. The third kappa shape index (κ3) is 2.95. The number of thioether (sulfide) groups is 1. The van der Waals surface area contributed by atoms with Crippen molar-refractivity contribution in [2.24, 2.45) is 0 Å². The lowest BCUT2D eigenvalue weighted by Gasteiger charge is -2.23. The van der Waals surface area contributed by atoms with Gasteiger partial charge in [-0.2, -0.15) is 11.8 Å². The van der Waals surface area contributed by atoms with Gasteiger partial charge in [-0.25, -0.2) is 0 Å². The summed E-state index contributed by atoms with van der Waals surface area (Å²) in [6.07, 6.45) is 5.97. The quantitative estimate of drug-likeness (QED) is 0.852. The second-order valence-electron chi connectivity index (χ2n) is 4.57. The minimum Gasteiger partial charge on any atom is -0.367 e. The molecule has 0 amide bonds. The summed E-state index contributed by atoms with van der Waals surface area (Å²) < 4.78 is 1.05. The summed E-state index contributed by atoms with van der Waals surface area (Å²) in [5.74, 6) is 0. The van der Waals surface area contributed by atoms with Crippen molar-refractivity contribution in [2.45, 2.75) is 11.3 Å². The monoisotopic (exact) mass is 315 g/mol. The first-order valence-electron chi connectivity index (χ1n) is 5.66. The molecule has 0 radical (unpaired) electrons. The molecule has 2 heterocycles. The summed E-state index contributed by atoms with van der Waals surface area (Å²) >= 11 is 5.44. The number of halogens is 1. The third-order valence-electron chi connectivity index (χ3n) is 3.26. The highest BCUT2D eigenvalue weighted by atomic mass is 79.9. The highest BCUT2D eigenvalue weighted by molar-refractivity contribution is 9.10. The summed E-state index contributed by atoms with van der Waals surface area (Å²) in [5.41, 5.74) is 1.21. The molecular formula is C12H18BrN3S. The molecule has 1 fully saturated rings. The van der Waals surface area contributed by atoms with E-state index in [0.717, 1.165) is 17.6 Å². The lowest BCUT2D eigenvalue weighted by molar-refractivity contribution is 0.320. The van der Waals surface area contributed by atoms with Crippen LogP contribution in [-0.4, -0.2) is 54.6 Å². The average molecular weight is 316 g/mol. The topological polar surface area (TPSA) is 19.4 Å². The summed E-state index contributed by atoms with van der Waals surface area (Å²) in [4.78, 5) is 8.99. The maximum absolute atomic E-state index is 4.24. The van der Waals surface area contributed by atoms with Crippen molar-refractivity contribution in [3.05, 3.63) is 22.9 Å². The molecule has 2 rings (SSSR count). The van der Waals surface area contributed by atoms with Crippen molar-refractivity contribution in [3.8, 4) is 0 Å². The summed E-state index contributed by atoms with van der Waals surface area (Å²) in [6.45, 7) is 2.18. The van der Waals surface area contributed by atoms with E-state index >= 15 is 0 Å². The maximum Gasteiger partial charge on any atom is 0.0565 e. The zero-order valence-electron chi connectivity index (χ0n) is 10.4. The second-order valence-corrected chi connectivity index (χ2v) is 6.56. The number of aromatic nitrogens is 1. The Labute approximate surface area is 116 Å². The van der Waals surface area contributed by atoms with E-state index in [2.05, 4.69) is 57.1 Å². The minimum absolute atomic E-state index is 0.615. The van der Waals surface area contributed by atoms with Crippen LogP contribution in [0.15, 0.2) is 22.9 Å². The smallest absolute Gasteiger partial charge is 0.0565 e. The van der Waals surface area contributed by atoms with E-state index in [4.69, 9.17) is 0 Å². The van der Waals surface area contributed by atoms with Gasteiger partial charge in [0.1, 0.15) is 0 Å². The Balaban J connectivity index is 2.15. The molecule has 0 aliphatic carbocycles. The highest BCUT2D eigenvalue weighted by Crippen LogP contribution is 2.29. The number of rotatable bonds is 3. The molecular weight excluding hydrogens is 298 g/mol. The molecule has 1 aliphatic rings. The highest BCUT2D eigenvalue weighted by Gasteiger charge is 2.33. The molecule has 0 bridgehead atoms. The van der Waals surface area contributed by atoms with Crippen LogP contribution in [0.25, 0.3) is 0 Å². The van der Waals surface area contributed by atoms with Crippen LogP contribution in [0, 0.1) is 0 Å². The van der Waals surface area contributed by atoms with Crippen LogP contribution in [0.3, 0.4) is 0 Å². The zero-order valence-corrected chi connectivity index (χ0v) is 12.8. The molecule has 0 spiro atoms. The zero-order chi connectivity index (χ0) is 12.4. The Morgan fingerprint density at radius 1 is 1.41 bits per heavy atom. The number of likely N-dealkylation sites (N-methyl/N-ethyl adjacent to an activating group) is 1. The van der Waals surface area contributed by atoms with Crippen molar-refractivity contribution in [1.29, 1.82) is 0 Å². The van der Waals surface area contributed by atoms with Crippen LogP contribution in [0.1, 0.15) is 0 Å². The number of hydrogen-bond donors (Lipinski definition) is 0. The first-order valence-corrected chi connectivity index (χ1v) is 7.74. The van der Waals surface area contributed by atoms with Crippen molar-refractivity contribution in [1.82, 2.24) is 9.88 Å². The number of pyridine rings is 1. The van der Waals surface area contributed by atoms with Crippen LogP contribution in [0.5, 0.6) is 0 Å². The van der Waals surface area contributed by atoms with Gasteiger partial charge in [-0.05, 0) is 42.3 Å². The second kappa shape index (κ2) is 5.59. The fourth-order valence-electron chi connectivity index (χ4n) is 2.27. The van der Waals surface area contributed by atoms with E-state index in [1.54, 1.807) is 0 Å². The lowest BCUT2D eigenvalue weighted by atomic mass is 10.2. The molecule has 17 heavy (non-hydrogen) atoms. The van der Waals surface area contributed by atoms with Gasteiger partial charge in [0, 0.05) is 35.1 Å². The average Bonchev–Trinajstić information content (AvgIpc) is 2.73. The Morgan fingerprint density at radius 2 is 2.18 bits per heavy atom. The van der Waals surface area contributed by atoms with Gasteiger partial charge in [0.15, 0.2) is 0 Å². The van der Waals surface area contributed by atoms with E-state index in [1.165, 1.54) is 5.69 Å². The van der Waals surface area contributed by atoms with Crippen LogP contribution in [0.4, 0.5) is 5.69 Å². The number of anilines is 1.